The van der Waals surface area contributed by atoms with Crippen LogP contribution >= 0.6 is 0 Å². The fourth-order valence-corrected chi connectivity index (χ4v) is 6.69. The molecule has 4 aliphatic rings. The fraction of sp³-hybridized carbons (Fsp3) is 0.524. The first-order chi connectivity index (χ1) is 15.5. The van der Waals surface area contributed by atoms with Gasteiger partial charge in [-0.15, -0.1) is 4.40 Å². The van der Waals surface area contributed by atoms with Gasteiger partial charge in [0.05, 0.1) is 11.9 Å². The molecule has 1 amide bonds. The van der Waals surface area contributed by atoms with Crippen LogP contribution in [0, 0.1) is 11.8 Å². The predicted molar refractivity (Wildman–Crippen MR) is 123 cm³/mol. The maximum absolute atomic E-state index is 13.5. The van der Waals surface area contributed by atoms with E-state index >= 15 is 0 Å². The summed E-state index contributed by atoms with van der Waals surface area (Å²) in [5, 5.41) is 13.9. The number of carbonyl (C=O) groups is 1. The quantitative estimate of drug-likeness (QED) is 0.550. The van der Waals surface area contributed by atoms with Gasteiger partial charge in [0.25, 0.3) is 15.9 Å². The molecule has 2 aliphatic heterocycles. The Hall–Kier alpha value is -2.60. The van der Waals surface area contributed by atoms with Gasteiger partial charge in [0, 0.05) is 24.2 Å². The Bertz CT molecular complexity index is 1300. The average molecular weight is 495 g/mol. The zero-order valence-corrected chi connectivity index (χ0v) is 19.7. The van der Waals surface area contributed by atoms with Gasteiger partial charge in [-0.2, -0.15) is 8.42 Å². The third-order valence-corrected chi connectivity index (χ3v) is 8.62. The summed E-state index contributed by atoms with van der Waals surface area (Å²) in [6, 6.07) is 3.92. The Morgan fingerprint density at radius 2 is 2.00 bits per heavy atom. The van der Waals surface area contributed by atoms with Gasteiger partial charge >= 0.3 is 0 Å². The van der Waals surface area contributed by atoms with Gasteiger partial charge in [0.15, 0.2) is 5.84 Å². The number of anilines is 2. The van der Waals surface area contributed by atoms with E-state index in [1.54, 1.807) is 4.90 Å². The molecule has 2 fully saturated rings. The van der Waals surface area contributed by atoms with Crippen LogP contribution in [0.5, 0.6) is 0 Å². The third-order valence-electron chi connectivity index (χ3n) is 6.70. The summed E-state index contributed by atoms with van der Waals surface area (Å²) < 4.78 is 55.0. The topological polar surface area (TPSA) is 145 Å². The lowest BCUT2D eigenvalue weighted by Crippen LogP contribution is -2.50. The van der Waals surface area contributed by atoms with Crippen molar-refractivity contribution in [2.45, 2.75) is 49.5 Å². The summed E-state index contributed by atoms with van der Waals surface area (Å²) in [5.74, 6) is -0.308. The third kappa shape index (κ3) is 4.21. The van der Waals surface area contributed by atoms with Crippen LogP contribution in [0.25, 0.3) is 0 Å². The maximum Gasteiger partial charge on any atom is 0.286 e. The number of benzene rings is 1. The number of nitrogens with zero attached hydrogens (tertiary/aromatic N) is 2. The highest BCUT2D eigenvalue weighted by molar-refractivity contribution is 7.92. The number of aliphatic hydroxyl groups is 1. The minimum atomic E-state index is -4.25. The normalized spacial score (nSPS) is 26.4. The molecule has 12 heteroatoms. The molecule has 2 aliphatic carbocycles. The van der Waals surface area contributed by atoms with Crippen LogP contribution in [0.15, 0.2) is 38.8 Å². The van der Waals surface area contributed by atoms with E-state index in [-0.39, 0.29) is 45.4 Å². The Balaban J connectivity index is 1.51. The van der Waals surface area contributed by atoms with Crippen LogP contribution in [-0.4, -0.2) is 57.4 Å². The van der Waals surface area contributed by atoms with Crippen molar-refractivity contribution in [1.29, 1.82) is 0 Å². The van der Waals surface area contributed by atoms with Gasteiger partial charge in [-0.3, -0.25) is 9.52 Å². The SMILES string of the molecule is CS(=O)(=O)Nc1ccc2c(c1)S(=O)(=O)N=C(C1=C(O)[C@H]3CCC[C@H]3N(CCC3CC3)C1=O)N2. The van der Waals surface area contributed by atoms with E-state index in [0.717, 1.165) is 31.9 Å². The number of amides is 1. The molecule has 178 valence electrons. The van der Waals surface area contributed by atoms with Crippen LogP contribution in [0.1, 0.15) is 38.5 Å². The first kappa shape index (κ1) is 22.2. The molecular formula is C21H26N4O6S2. The summed E-state index contributed by atoms with van der Waals surface area (Å²) in [6.07, 6.45) is 6.63. The van der Waals surface area contributed by atoms with Crippen LogP contribution in [0.2, 0.25) is 0 Å². The van der Waals surface area contributed by atoms with E-state index in [1.165, 1.54) is 31.0 Å². The molecule has 5 rings (SSSR count). The van der Waals surface area contributed by atoms with Crippen molar-refractivity contribution in [1.82, 2.24) is 4.90 Å². The molecule has 0 bridgehead atoms. The highest BCUT2D eigenvalue weighted by Gasteiger charge is 2.46. The standard InChI is InChI=1S/C21H26N4O6S2/c1-32(28,29)23-13-7-8-15-17(11-13)33(30,31)24-20(22-15)18-19(26)14-3-2-4-16(14)25(21(18)27)10-9-12-5-6-12/h7-8,11-12,14,16,23,26H,2-6,9-10H2,1H3,(H,22,24)/t14-,16+/m0/s1. The molecule has 10 nitrogen and oxygen atoms in total. The van der Waals surface area contributed by atoms with Crippen LogP contribution in [0.4, 0.5) is 11.4 Å². The number of nitrogens with one attached hydrogen (secondary N) is 2. The second kappa shape index (κ2) is 7.73. The molecule has 2 heterocycles. The van der Waals surface area contributed by atoms with E-state index in [2.05, 4.69) is 14.4 Å². The predicted octanol–water partition coefficient (Wildman–Crippen LogP) is 2.19. The zero-order chi connectivity index (χ0) is 23.5. The number of hydrogen-bond donors (Lipinski definition) is 3. The van der Waals surface area contributed by atoms with Crippen LogP contribution in [0.3, 0.4) is 0 Å². The Kier molecular flexibility index (Phi) is 5.20. The summed E-state index contributed by atoms with van der Waals surface area (Å²) >= 11 is 0. The van der Waals surface area contributed by atoms with Gasteiger partial charge < -0.3 is 15.3 Å². The largest absolute Gasteiger partial charge is 0.511 e. The maximum atomic E-state index is 13.5. The van der Waals surface area contributed by atoms with E-state index in [9.17, 15) is 26.7 Å². The molecule has 0 spiro atoms. The number of sulfonamides is 2. The minimum Gasteiger partial charge on any atom is -0.511 e. The molecule has 33 heavy (non-hydrogen) atoms. The summed E-state index contributed by atoms with van der Waals surface area (Å²) in [6.45, 7) is 0.582. The van der Waals surface area contributed by atoms with Crippen molar-refractivity contribution in [2.24, 2.45) is 16.2 Å². The molecule has 0 aromatic heterocycles. The summed E-state index contributed by atoms with van der Waals surface area (Å²) in [7, 11) is -7.84. The molecule has 3 N–H and O–H groups in total. The van der Waals surface area contributed by atoms with Crippen molar-refractivity contribution in [3.8, 4) is 0 Å². The highest BCUT2D eigenvalue weighted by Crippen LogP contribution is 2.42. The molecule has 0 radical (unpaired) electrons. The number of carbonyl (C=O) groups excluding carboxylic acids is 1. The van der Waals surface area contributed by atoms with Crippen molar-refractivity contribution < 1.29 is 26.7 Å². The lowest BCUT2D eigenvalue weighted by Gasteiger charge is -2.39. The van der Waals surface area contributed by atoms with E-state index in [4.69, 9.17) is 0 Å². The van der Waals surface area contributed by atoms with Crippen molar-refractivity contribution in [3.05, 3.63) is 29.5 Å². The van der Waals surface area contributed by atoms with E-state index in [1.807, 2.05) is 0 Å². The lowest BCUT2D eigenvalue weighted by molar-refractivity contribution is -0.131. The van der Waals surface area contributed by atoms with Gasteiger partial charge in [-0.1, -0.05) is 19.3 Å². The molecule has 0 saturated heterocycles. The fourth-order valence-electron chi connectivity index (χ4n) is 4.98. The van der Waals surface area contributed by atoms with Crippen molar-refractivity contribution in [2.75, 3.05) is 22.8 Å². The van der Waals surface area contributed by atoms with E-state index in [0.29, 0.717) is 12.5 Å². The van der Waals surface area contributed by atoms with Crippen molar-refractivity contribution >= 4 is 43.2 Å². The molecule has 1 aromatic carbocycles. The zero-order valence-electron chi connectivity index (χ0n) is 18.1. The Morgan fingerprint density at radius 3 is 2.70 bits per heavy atom. The minimum absolute atomic E-state index is 0.0716. The first-order valence-electron chi connectivity index (χ1n) is 11.0. The second-order valence-electron chi connectivity index (χ2n) is 9.22. The number of hydrogen-bond acceptors (Lipinski definition) is 7. The first-order valence-corrected chi connectivity index (χ1v) is 14.3. The van der Waals surface area contributed by atoms with Gasteiger partial charge in [-0.25, -0.2) is 8.42 Å². The number of aliphatic hydroxyl groups excluding tert-OH is 1. The molecule has 2 atom stereocenters. The van der Waals surface area contributed by atoms with Gasteiger partial charge in [-0.05, 0) is 43.4 Å². The molecule has 1 aromatic rings. The highest BCUT2D eigenvalue weighted by atomic mass is 32.2. The Morgan fingerprint density at radius 1 is 1.24 bits per heavy atom. The summed E-state index contributed by atoms with van der Waals surface area (Å²) in [5.41, 5.74) is 0.142. The van der Waals surface area contributed by atoms with Crippen LogP contribution in [-0.2, 0) is 24.8 Å². The monoisotopic (exact) mass is 494 g/mol. The Labute approximate surface area is 192 Å². The number of fused-ring (bicyclic) bond motifs is 2. The van der Waals surface area contributed by atoms with E-state index < -0.39 is 26.0 Å². The number of rotatable bonds is 6. The molecule has 0 unspecified atom stereocenters. The van der Waals surface area contributed by atoms with Gasteiger partial charge in [0.1, 0.15) is 16.2 Å². The molecule has 2 saturated carbocycles. The smallest absolute Gasteiger partial charge is 0.286 e. The second-order valence-corrected chi connectivity index (χ2v) is 12.5. The van der Waals surface area contributed by atoms with Crippen LogP contribution < -0.4 is 10.0 Å². The number of amidine groups is 1. The summed E-state index contributed by atoms with van der Waals surface area (Å²) in [4.78, 5) is 15.0. The van der Waals surface area contributed by atoms with Gasteiger partial charge in [0.2, 0.25) is 10.0 Å². The molecular weight excluding hydrogens is 468 g/mol. The lowest BCUT2D eigenvalue weighted by atomic mass is 9.90. The average Bonchev–Trinajstić information content (AvgIpc) is 3.40. The van der Waals surface area contributed by atoms with Crippen molar-refractivity contribution in [3.63, 3.8) is 0 Å².